The van der Waals surface area contributed by atoms with Crippen molar-refractivity contribution in [2.75, 3.05) is 6.61 Å². The van der Waals surface area contributed by atoms with Crippen LogP contribution in [0.2, 0.25) is 0 Å². The van der Waals surface area contributed by atoms with Crippen molar-refractivity contribution in [1.29, 1.82) is 0 Å². The van der Waals surface area contributed by atoms with E-state index in [1.165, 1.54) is 26.2 Å². The lowest BCUT2D eigenvalue weighted by Gasteiger charge is -2.23. The molecule has 10 nitrogen and oxygen atoms in total. The van der Waals surface area contributed by atoms with Crippen LogP contribution < -0.4 is 10.6 Å². The number of hydrogen-bond acceptors (Lipinski definition) is 7. The van der Waals surface area contributed by atoms with Crippen molar-refractivity contribution in [3.63, 3.8) is 0 Å². The van der Waals surface area contributed by atoms with E-state index in [1.807, 2.05) is 0 Å². The maximum Gasteiger partial charge on any atom is 0.331 e. The first-order chi connectivity index (χ1) is 10.9. The summed E-state index contributed by atoms with van der Waals surface area (Å²) in [6.07, 6.45) is 0.639. The standard InChI is InChI=1S/C13H17N3O7/c1-7(17)21-6-10-9(22-8(2)18)5-11(23-10)16-4-3-14-12(19)15-13(16)20/h3-4,9-11H,5-6H2,1-2H3,(H2,14,15,19,20)/t9-,10+,11+/m0/s1. The molecule has 0 spiro atoms. The molecule has 126 valence electrons. The number of esters is 2. The Labute approximate surface area is 131 Å². The molecule has 2 N–H and O–H groups in total. The van der Waals surface area contributed by atoms with Crippen LogP contribution in [0.1, 0.15) is 20.3 Å². The van der Waals surface area contributed by atoms with E-state index in [-0.39, 0.29) is 13.0 Å². The molecule has 2 aliphatic rings. The highest BCUT2D eigenvalue weighted by atomic mass is 16.6. The molecule has 0 aromatic heterocycles. The van der Waals surface area contributed by atoms with Crippen LogP contribution >= 0.6 is 0 Å². The van der Waals surface area contributed by atoms with Gasteiger partial charge in [-0.25, -0.2) is 9.59 Å². The highest BCUT2D eigenvalue weighted by molar-refractivity contribution is 5.95. The van der Waals surface area contributed by atoms with E-state index in [9.17, 15) is 19.2 Å². The second-order valence-corrected chi connectivity index (χ2v) is 4.94. The van der Waals surface area contributed by atoms with Crippen LogP contribution in [-0.4, -0.2) is 53.9 Å². The van der Waals surface area contributed by atoms with Gasteiger partial charge in [-0.15, -0.1) is 0 Å². The third-order valence-electron chi connectivity index (χ3n) is 3.16. The summed E-state index contributed by atoms with van der Waals surface area (Å²) >= 11 is 0. The first kappa shape index (κ1) is 16.7. The fourth-order valence-corrected chi connectivity index (χ4v) is 2.24. The van der Waals surface area contributed by atoms with Crippen molar-refractivity contribution >= 4 is 24.0 Å². The second-order valence-electron chi connectivity index (χ2n) is 4.94. The lowest BCUT2D eigenvalue weighted by atomic mass is 10.2. The van der Waals surface area contributed by atoms with Crippen molar-refractivity contribution in [1.82, 2.24) is 15.5 Å². The van der Waals surface area contributed by atoms with Crippen LogP contribution in [0.3, 0.4) is 0 Å². The molecule has 0 saturated carbocycles. The fourth-order valence-electron chi connectivity index (χ4n) is 2.24. The molecular formula is C13H17N3O7. The number of hydrogen-bond donors (Lipinski definition) is 2. The van der Waals surface area contributed by atoms with Crippen molar-refractivity contribution in [3.8, 4) is 0 Å². The van der Waals surface area contributed by atoms with Crippen LogP contribution in [-0.2, 0) is 23.8 Å². The van der Waals surface area contributed by atoms with Gasteiger partial charge in [0.1, 0.15) is 25.0 Å². The maximum atomic E-state index is 11.9. The third-order valence-corrected chi connectivity index (χ3v) is 3.16. The molecule has 1 fully saturated rings. The Bertz CT molecular complexity index is 548. The van der Waals surface area contributed by atoms with Gasteiger partial charge >= 0.3 is 24.0 Å². The quantitative estimate of drug-likeness (QED) is 0.685. The smallest absolute Gasteiger partial charge is 0.331 e. The minimum absolute atomic E-state index is 0.111. The Hall–Kier alpha value is -2.62. The number of nitrogens with one attached hydrogen (secondary N) is 2. The number of urea groups is 2. The van der Waals surface area contributed by atoms with E-state index in [0.717, 1.165) is 4.90 Å². The first-order valence-corrected chi connectivity index (χ1v) is 6.89. The molecule has 0 aliphatic carbocycles. The van der Waals surface area contributed by atoms with Crippen molar-refractivity contribution in [3.05, 3.63) is 12.4 Å². The molecule has 1 saturated heterocycles. The Balaban J connectivity index is 2.08. The first-order valence-electron chi connectivity index (χ1n) is 6.89. The molecule has 0 unspecified atom stereocenters. The van der Waals surface area contributed by atoms with Gasteiger partial charge in [0, 0.05) is 32.7 Å². The number of carbonyl (C=O) groups is 4. The highest BCUT2D eigenvalue weighted by Gasteiger charge is 2.42. The van der Waals surface area contributed by atoms with Gasteiger partial charge in [-0.05, 0) is 0 Å². The van der Waals surface area contributed by atoms with E-state index < -0.39 is 42.4 Å². The van der Waals surface area contributed by atoms with Gasteiger partial charge in [-0.1, -0.05) is 0 Å². The number of carbonyl (C=O) groups excluding carboxylic acids is 4. The zero-order valence-corrected chi connectivity index (χ0v) is 12.6. The number of ether oxygens (including phenoxy) is 3. The molecule has 0 radical (unpaired) electrons. The molecule has 2 heterocycles. The topological polar surface area (TPSA) is 123 Å². The highest BCUT2D eigenvalue weighted by Crippen LogP contribution is 2.27. The molecule has 0 bridgehead atoms. The number of imide groups is 1. The van der Waals surface area contributed by atoms with Gasteiger partial charge in [0.15, 0.2) is 0 Å². The number of amides is 4. The van der Waals surface area contributed by atoms with Gasteiger partial charge in [-0.2, -0.15) is 0 Å². The van der Waals surface area contributed by atoms with Gasteiger partial charge in [0.2, 0.25) is 0 Å². The van der Waals surface area contributed by atoms with E-state index in [0.29, 0.717) is 0 Å². The summed E-state index contributed by atoms with van der Waals surface area (Å²) in [5, 5.41) is 4.41. The lowest BCUT2D eigenvalue weighted by molar-refractivity contribution is -0.155. The fraction of sp³-hybridized carbons (Fsp3) is 0.538. The van der Waals surface area contributed by atoms with Crippen LogP contribution in [0.25, 0.3) is 0 Å². The summed E-state index contributed by atoms with van der Waals surface area (Å²) in [7, 11) is 0. The zero-order valence-electron chi connectivity index (χ0n) is 12.6. The van der Waals surface area contributed by atoms with Crippen molar-refractivity contribution in [2.24, 2.45) is 0 Å². The average molecular weight is 327 g/mol. The Morgan fingerprint density at radius 3 is 2.74 bits per heavy atom. The average Bonchev–Trinajstić information content (AvgIpc) is 2.74. The Kier molecular flexibility index (Phi) is 5.16. The maximum absolute atomic E-state index is 11.9. The normalized spacial score (nSPS) is 27.0. The molecule has 0 aromatic rings. The summed E-state index contributed by atoms with van der Waals surface area (Å²) in [6, 6.07) is -1.35. The SMILES string of the molecule is CC(=O)OC[C@H]1O[C@@H](N2C=CNC(=O)NC2=O)C[C@@H]1OC(C)=O. The van der Waals surface area contributed by atoms with Gasteiger partial charge in [0.25, 0.3) is 0 Å². The molecule has 3 atom stereocenters. The molecule has 4 amide bonds. The number of rotatable bonds is 4. The van der Waals surface area contributed by atoms with Crippen LogP contribution in [0.5, 0.6) is 0 Å². The summed E-state index contributed by atoms with van der Waals surface area (Å²) in [5.74, 6) is -1.01. The predicted molar refractivity (Wildman–Crippen MR) is 73.5 cm³/mol. The third kappa shape index (κ3) is 4.42. The summed E-state index contributed by atoms with van der Waals surface area (Å²) in [4.78, 5) is 46.4. The summed E-state index contributed by atoms with van der Waals surface area (Å²) in [5.41, 5.74) is 0. The zero-order chi connectivity index (χ0) is 17.0. The van der Waals surface area contributed by atoms with Crippen molar-refractivity contribution in [2.45, 2.75) is 38.7 Å². The molecule has 2 aliphatic heterocycles. The Morgan fingerprint density at radius 2 is 2.09 bits per heavy atom. The van der Waals surface area contributed by atoms with E-state index in [4.69, 9.17) is 14.2 Å². The molecule has 10 heteroatoms. The van der Waals surface area contributed by atoms with Gasteiger partial charge in [-0.3, -0.25) is 19.8 Å². The molecule has 0 aromatic carbocycles. The van der Waals surface area contributed by atoms with E-state index in [2.05, 4.69) is 10.6 Å². The molecule has 2 rings (SSSR count). The predicted octanol–water partition coefficient (Wildman–Crippen LogP) is -0.198. The Morgan fingerprint density at radius 1 is 1.35 bits per heavy atom. The monoisotopic (exact) mass is 327 g/mol. The van der Waals surface area contributed by atoms with Crippen LogP contribution in [0.4, 0.5) is 9.59 Å². The van der Waals surface area contributed by atoms with Gasteiger partial charge < -0.3 is 19.5 Å². The summed E-state index contributed by atoms with van der Waals surface area (Å²) < 4.78 is 15.7. The molecular weight excluding hydrogens is 310 g/mol. The second kappa shape index (κ2) is 7.09. The lowest BCUT2D eigenvalue weighted by Crippen LogP contribution is -2.45. The summed E-state index contributed by atoms with van der Waals surface area (Å²) in [6.45, 7) is 2.38. The van der Waals surface area contributed by atoms with Crippen LogP contribution in [0.15, 0.2) is 12.4 Å². The van der Waals surface area contributed by atoms with Gasteiger partial charge in [0.05, 0.1) is 0 Å². The number of nitrogens with zero attached hydrogens (tertiary/aromatic N) is 1. The van der Waals surface area contributed by atoms with E-state index >= 15 is 0 Å². The minimum atomic E-state index is -0.774. The van der Waals surface area contributed by atoms with Crippen molar-refractivity contribution < 1.29 is 33.4 Å². The van der Waals surface area contributed by atoms with Crippen LogP contribution in [0, 0.1) is 0 Å². The minimum Gasteiger partial charge on any atom is -0.463 e. The van der Waals surface area contributed by atoms with E-state index in [1.54, 1.807) is 0 Å². The molecule has 23 heavy (non-hydrogen) atoms. The largest absolute Gasteiger partial charge is 0.463 e.